The van der Waals surface area contributed by atoms with Crippen molar-refractivity contribution in [1.82, 2.24) is 0 Å². The summed E-state index contributed by atoms with van der Waals surface area (Å²) >= 11 is 0. The molecule has 0 fully saturated rings. The minimum Gasteiger partial charge on any atom is -0.486 e. The van der Waals surface area contributed by atoms with Crippen LogP contribution in [-0.2, 0) is 10.9 Å². The lowest BCUT2D eigenvalue weighted by molar-refractivity contribution is -0.140. The van der Waals surface area contributed by atoms with Crippen LogP contribution in [0.5, 0.6) is 11.5 Å². The average molecular weight is 276 g/mol. The molecule has 1 aliphatic heterocycles. The Labute approximate surface area is 107 Å². The smallest absolute Gasteiger partial charge is 0.420 e. The number of alkyl halides is 3. The van der Waals surface area contributed by atoms with Crippen molar-refractivity contribution in [2.24, 2.45) is 0 Å². The Morgan fingerprint density at radius 1 is 1.32 bits per heavy atom. The zero-order valence-corrected chi connectivity index (χ0v) is 10.0. The third-order valence-electron chi connectivity index (χ3n) is 2.49. The number of benzene rings is 1. The molecule has 0 aliphatic carbocycles. The fraction of sp³-hybridized carbons (Fsp3) is 0.417. The summed E-state index contributed by atoms with van der Waals surface area (Å²) in [6.45, 7) is 1.68. The Kier molecular flexibility index (Phi) is 3.55. The maximum Gasteiger partial charge on any atom is 0.420 e. The lowest BCUT2D eigenvalue weighted by Crippen LogP contribution is -2.22. The van der Waals surface area contributed by atoms with E-state index in [2.05, 4.69) is 4.74 Å². The van der Waals surface area contributed by atoms with Crippen molar-refractivity contribution in [3.63, 3.8) is 0 Å². The lowest BCUT2D eigenvalue weighted by Gasteiger charge is -2.23. The molecule has 0 saturated heterocycles. The Bertz CT molecular complexity index is 496. The van der Waals surface area contributed by atoms with Gasteiger partial charge in [-0.2, -0.15) is 13.2 Å². The van der Waals surface area contributed by atoms with Crippen LogP contribution in [-0.4, -0.2) is 25.8 Å². The summed E-state index contributed by atoms with van der Waals surface area (Å²) in [5.74, 6) is -1.51. The molecule has 104 valence electrons. The molecule has 7 heteroatoms. The number of esters is 1. The van der Waals surface area contributed by atoms with Crippen LogP contribution in [0.25, 0.3) is 0 Å². The molecule has 0 spiro atoms. The number of carbonyl (C=O) groups excluding carboxylic acids is 1. The van der Waals surface area contributed by atoms with E-state index in [9.17, 15) is 18.0 Å². The fourth-order valence-corrected chi connectivity index (χ4v) is 1.78. The molecule has 2 rings (SSSR count). The van der Waals surface area contributed by atoms with Crippen molar-refractivity contribution in [3.8, 4) is 11.5 Å². The van der Waals surface area contributed by atoms with Gasteiger partial charge in [-0.3, -0.25) is 0 Å². The second kappa shape index (κ2) is 4.99. The van der Waals surface area contributed by atoms with Crippen molar-refractivity contribution < 1.29 is 32.2 Å². The van der Waals surface area contributed by atoms with Gasteiger partial charge in [0.25, 0.3) is 0 Å². The van der Waals surface area contributed by atoms with Crippen LogP contribution < -0.4 is 9.47 Å². The first-order valence-electron chi connectivity index (χ1n) is 5.62. The van der Waals surface area contributed by atoms with Gasteiger partial charge < -0.3 is 14.2 Å². The molecule has 0 bridgehead atoms. The summed E-state index contributed by atoms with van der Waals surface area (Å²) in [6.07, 6.45) is -4.73. The summed E-state index contributed by atoms with van der Waals surface area (Å²) in [5, 5.41) is 0. The summed E-state index contributed by atoms with van der Waals surface area (Å²) < 4.78 is 54.0. The second-order valence-corrected chi connectivity index (χ2v) is 3.73. The highest BCUT2D eigenvalue weighted by Gasteiger charge is 2.41. The molecular weight excluding hydrogens is 265 g/mol. The first-order chi connectivity index (χ1) is 8.95. The number of hydrogen-bond donors (Lipinski definition) is 0. The number of carbonyl (C=O) groups is 1. The molecule has 0 N–H and O–H groups in total. The zero-order valence-electron chi connectivity index (χ0n) is 10.0. The molecule has 0 saturated carbocycles. The number of fused-ring (bicyclic) bond motifs is 1. The van der Waals surface area contributed by atoms with Gasteiger partial charge in [0.15, 0.2) is 11.5 Å². The van der Waals surface area contributed by atoms with E-state index in [4.69, 9.17) is 9.47 Å². The van der Waals surface area contributed by atoms with E-state index in [1.807, 2.05) is 0 Å². The monoisotopic (exact) mass is 276 g/mol. The van der Waals surface area contributed by atoms with Gasteiger partial charge in [-0.1, -0.05) is 0 Å². The van der Waals surface area contributed by atoms with Gasteiger partial charge >= 0.3 is 12.1 Å². The minimum absolute atomic E-state index is 0.00234. The number of rotatable bonds is 2. The van der Waals surface area contributed by atoms with E-state index >= 15 is 0 Å². The van der Waals surface area contributed by atoms with Crippen LogP contribution >= 0.6 is 0 Å². The molecule has 0 amide bonds. The van der Waals surface area contributed by atoms with Crippen molar-refractivity contribution in [3.05, 3.63) is 23.3 Å². The van der Waals surface area contributed by atoms with Gasteiger partial charge in [-0.05, 0) is 19.1 Å². The van der Waals surface area contributed by atoms with Crippen LogP contribution in [0.2, 0.25) is 0 Å². The fourth-order valence-electron chi connectivity index (χ4n) is 1.78. The third-order valence-corrected chi connectivity index (χ3v) is 2.49. The van der Waals surface area contributed by atoms with Crippen LogP contribution in [0.4, 0.5) is 13.2 Å². The predicted molar refractivity (Wildman–Crippen MR) is 58.4 cm³/mol. The van der Waals surface area contributed by atoms with E-state index in [1.54, 1.807) is 0 Å². The molecular formula is C12H11F3O4. The maximum absolute atomic E-state index is 13.1. The standard InChI is InChI=1S/C12H11F3O4/c1-2-17-11(16)7-3-4-8-10(19-6-5-18-8)9(7)12(13,14)15/h3-4H,2,5-6H2,1H3. The molecule has 0 aromatic heterocycles. The van der Waals surface area contributed by atoms with Gasteiger partial charge in [0.05, 0.1) is 12.2 Å². The number of hydrogen-bond acceptors (Lipinski definition) is 4. The Hall–Kier alpha value is -1.92. The van der Waals surface area contributed by atoms with Gasteiger partial charge in [0.1, 0.15) is 18.8 Å². The van der Waals surface area contributed by atoms with Crippen LogP contribution in [0, 0.1) is 0 Å². The van der Waals surface area contributed by atoms with E-state index in [-0.39, 0.29) is 25.6 Å². The van der Waals surface area contributed by atoms with Gasteiger partial charge in [-0.15, -0.1) is 0 Å². The Morgan fingerprint density at radius 3 is 2.63 bits per heavy atom. The number of halogens is 3. The van der Waals surface area contributed by atoms with Gasteiger partial charge in [0.2, 0.25) is 0 Å². The summed E-state index contributed by atoms with van der Waals surface area (Å²) in [6, 6.07) is 2.31. The van der Waals surface area contributed by atoms with E-state index in [0.29, 0.717) is 0 Å². The van der Waals surface area contributed by atoms with Crippen LogP contribution in [0.15, 0.2) is 12.1 Å². The molecule has 0 radical (unpaired) electrons. The topological polar surface area (TPSA) is 44.8 Å². The minimum atomic E-state index is -4.73. The first-order valence-corrected chi connectivity index (χ1v) is 5.62. The summed E-state index contributed by atoms with van der Waals surface area (Å²) in [7, 11) is 0. The highest BCUT2D eigenvalue weighted by molar-refractivity contribution is 5.92. The first kappa shape index (κ1) is 13.5. The molecule has 19 heavy (non-hydrogen) atoms. The van der Waals surface area contributed by atoms with Gasteiger partial charge in [0, 0.05) is 0 Å². The SMILES string of the molecule is CCOC(=O)c1ccc2c(c1C(F)(F)F)OCCO2. The average Bonchev–Trinajstić information content (AvgIpc) is 2.36. The molecule has 4 nitrogen and oxygen atoms in total. The second-order valence-electron chi connectivity index (χ2n) is 3.73. The third kappa shape index (κ3) is 2.59. The summed E-state index contributed by atoms with van der Waals surface area (Å²) in [5.41, 5.74) is -1.72. The van der Waals surface area contributed by atoms with Crippen molar-refractivity contribution in [1.29, 1.82) is 0 Å². The quantitative estimate of drug-likeness (QED) is 0.779. The van der Waals surface area contributed by atoms with E-state index in [0.717, 1.165) is 6.07 Å². The molecule has 0 atom stereocenters. The largest absolute Gasteiger partial charge is 0.486 e. The van der Waals surface area contributed by atoms with Crippen molar-refractivity contribution in [2.75, 3.05) is 19.8 Å². The molecule has 1 aromatic carbocycles. The highest BCUT2D eigenvalue weighted by atomic mass is 19.4. The Morgan fingerprint density at radius 2 is 2.00 bits per heavy atom. The summed E-state index contributed by atoms with van der Waals surface area (Å²) in [4.78, 5) is 11.6. The molecule has 1 aromatic rings. The lowest BCUT2D eigenvalue weighted by atomic mass is 10.0. The zero-order chi connectivity index (χ0) is 14.0. The van der Waals surface area contributed by atoms with Gasteiger partial charge in [-0.25, -0.2) is 4.79 Å². The molecule has 1 aliphatic rings. The molecule has 1 heterocycles. The van der Waals surface area contributed by atoms with E-state index in [1.165, 1.54) is 13.0 Å². The maximum atomic E-state index is 13.1. The Balaban J connectivity index is 2.58. The van der Waals surface area contributed by atoms with Crippen LogP contribution in [0.1, 0.15) is 22.8 Å². The normalized spacial score (nSPS) is 14.1. The van der Waals surface area contributed by atoms with Crippen molar-refractivity contribution >= 4 is 5.97 Å². The predicted octanol–water partition coefficient (Wildman–Crippen LogP) is 2.65. The van der Waals surface area contributed by atoms with Crippen LogP contribution in [0.3, 0.4) is 0 Å². The molecule has 0 unspecified atom stereocenters. The number of ether oxygens (including phenoxy) is 3. The van der Waals surface area contributed by atoms with Crippen molar-refractivity contribution in [2.45, 2.75) is 13.1 Å². The van der Waals surface area contributed by atoms with E-state index < -0.39 is 29.0 Å². The highest BCUT2D eigenvalue weighted by Crippen LogP contribution is 2.45.